The first kappa shape index (κ1) is 11.9. The molecule has 1 aliphatic rings. The van der Waals surface area contributed by atoms with E-state index in [4.69, 9.17) is 16.3 Å². The maximum absolute atomic E-state index is 11.6. The van der Waals surface area contributed by atoms with Crippen molar-refractivity contribution in [2.45, 2.75) is 32.9 Å². The average molecular weight is 239 g/mol. The first-order valence-electron chi connectivity index (χ1n) is 5.47. The van der Waals surface area contributed by atoms with Gasteiger partial charge < -0.3 is 10.5 Å². The number of aromatic nitrogens is 2. The Morgan fingerprint density at radius 2 is 2.24 bits per heavy atom. The minimum atomic E-state index is -0.557. The third-order valence-corrected chi connectivity index (χ3v) is 3.09. The molecule has 2 heterocycles. The quantitative estimate of drug-likeness (QED) is 0.688. The number of hydrazine groups is 1. The second-order valence-electron chi connectivity index (χ2n) is 4.51. The predicted octanol–water partition coefficient (Wildman–Crippen LogP) is 0.394. The van der Waals surface area contributed by atoms with Crippen LogP contribution in [-0.2, 0) is 16.8 Å². The van der Waals surface area contributed by atoms with Gasteiger partial charge in [-0.3, -0.25) is 5.84 Å². The molecular formula is C10H17N5O2. The fourth-order valence-corrected chi connectivity index (χ4v) is 1.94. The maximum Gasteiger partial charge on any atom is 0.436 e. The first-order chi connectivity index (χ1) is 7.89. The summed E-state index contributed by atoms with van der Waals surface area (Å²) >= 11 is 0. The summed E-state index contributed by atoms with van der Waals surface area (Å²) in [4.78, 5) is 11.6. The smallest absolute Gasteiger partial charge is 0.436 e. The Balaban J connectivity index is 2.44. The van der Waals surface area contributed by atoms with Gasteiger partial charge in [-0.25, -0.2) is 9.80 Å². The van der Waals surface area contributed by atoms with Crippen LogP contribution in [0.5, 0.6) is 0 Å². The van der Waals surface area contributed by atoms with E-state index in [1.807, 2.05) is 13.8 Å². The Hall–Kier alpha value is -1.60. The molecule has 0 unspecified atom stereocenters. The molecule has 0 bridgehead atoms. The van der Waals surface area contributed by atoms with E-state index in [1.165, 1.54) is 0 Å². The third-order valence-electron chi connectivity index (χ3n) is 3.09. The van der Waals surface area contributed by atoms with Gasteiger partial charge in [0.15, 0.2) is 0 Å². The van der Waals surface area contributed by atoms with Gasteiger partial charge >= 0.3 is 6.09 Å². The van der Waals surface area contributed by atoms with Gasteiger partial charge in [0.2, 0.25) is 0 Å². The van der Waals surface area contributed by atoms with Gasteiger partial charge in [-0.05, 0) is 20.8 Å². The number of nitrogen functional groups attached to an aromatic ring is 1. The highest BCUT2D eigenvalue weighted by molar-refractivity contribution is 5.75. The number of nitrogens with two attached hydrogens (primary N) is 2. The van der Waals surface area contributed by atoms with Crippen molar-refractivity contribution in [1.82, 2.24) is 14.8 Å². The van der Waals surface area contributed by atoms with E-state index < -0.39 is 11.6 Å². The summed E-state index contributed by atoms with van der Waals surface area (Å²) in [5.41, 5.74) is 6.98. The van der Waals surface area contributed by atoms with Crippen molar-refractivity contribution in [3.05, 3.63) is 11.3 Å². The Labute approximate surface area is 99.3 Å². The second-order valence-corrected chi connectivity index (χ2v) is 4.51. The van der Waals surface area contributed by atoms with Crippen LogP contribution in [0.25, 0.3) is 0 Å². The largest absolute Gasteiger partial charge is 0.448 e. The van der Waals surface area contributed by atoms with Gasteiger partial charge in [0.1, 0.15) is 5.82 Å². The molecule has 0 aromatic carbocycles. The lowest BCUT2D eigenvalue weighted by molar-refractivity contribution is 0.130. The summed E-state index contributed by atoms with van der Waals surface area (Å²) in [7, 11) is 0. The highest BCUT2D eigenvalue weighted by Gasteiger charge is 2.41. The summed E-state index contributed by atoms with van der Waals surface area (Å²) in [5.74, 6) is 6.18. The molecule has 2 rings (SSSR count). The molecule has 1 aromatic rings. The first-order valence-corrected chi connectivity index (χ1v) is 5.47. The number of fused-ring (bicyclic) bond motifs is 1. The zero-order valence-corrected chi connectivity index (χ0v) is 10.2. The fourth-order valence-electron chi connectivity index (χ4n) is 1.94. The normalized spacial score (nSPS) is 18.1. The van der Waals surface area contributed by atoms with Crippen LogP contribution in [0.2, 0.25) is 0 Å². The molecule has 0 aliphatic carbocycles. The number of nitrogens with zero attached hydrogens (tertiary/aromatic N) is 3. The van der Waals surface area contributed by atoms with Crippen molar-refractivity contribution in [2.24, 2.45) is 5.84 Å². The average Bonchev–Trinajstić information content (AvgIpc) is 2.67. The van der Waals surface area contributed by atoms with E-state index in [0.29, 0.717) is 12.4 Å². The molecule has 4 N–H and O–H groups in total. The predicted molar refractivity (Wildman–Crippen MR) is 61.8 cm³/mol. The van der Waals surface area contributed by atoms with E-state index >= 15 is 0 Å². The molecule has 0 atom stereocenters. The van der Waals surface area contributed by atoms with Crippen molar-refractivity contribution < 1.29 is 9.53 Å². The van der Waals surface area contributed by atoms with Crippen LogP contribution in [-0.4, -0.2) is 27.5 Å². The van der Waals surface area contributed by atoms with Gasteiger partial charge in [-0.2, -0.15) is 5.10 Å². The van der Waals surface area contributed by atoms with Gasteiger partial charge in [-0.1, -0.05) is 0 Å². The lowest BCUT2D eigenvalue weighted by Gasteiger charge is -2.26. The summed E-state index contributed by atoms with van der Waals surface area (Å²) < 4.78 is 5.98. The minimum Gasteiger partial charge on any atom is -0.448 e. The van der Waals surface area contributed by atoms with E-state index in [2.05, 4.69) is 5.10 Å². The van der Waals surface area contributed by atoms with Gasteiger partial charge in [0.05, 0.1) is 17.8 Å². The number of hydrogen-bond acceptors (Lipinski definition) is 6. The van der Waals surface area contributed by atoms with Crippen LogP contribution < -0.4 is 11.6 Å². The number of carbonyl (C=O) groups excluding carboxylic acids is 1. The molecule has 7 heteroatoms. The van der Waals surface area contributed by atoms with E-state index in [1.54, 1.807) is 11.9 Å². The zero-order valence-electron chi connectivity index (χ0n) is 10.2. The van der Waals surface area contributed by atoms with Crippen LogP contribution in [0.3, 0.4) is 0 Å². The molecule has 94 valence electrons. The topological polar surface area (TPSA) is 99.4 Å². The molecule has 0 radical (unpaired) electrons. The number of ether oxygens (including phenoxy) is 1. The SMILES string of the molecule is CCOC(=O)n1nc2c(c1N)CN(N)C2(C)C. The highest BCUT2D eigenvalue weighted by atomic mass is 16.6. The molecule has 0 amide bonds. The molecule has 0 spiro atoms. The van der Waals surface area contributed by atoms with Crippen molar-refractivity contribution in [2.75, 3.05) is 12.3 Å². The van der Waals surface area contributed by atoms with E-state index in [-0.39, 0.29) is 6.61 Å². The Kier molecular flexibility index (Phi) is 2.59. The Morgan fingerprint density at radius 3 is 2.76 bits per heavy atom. The lowest BCUT2D eigenvalue weighted by atomic mass is 10.0. The van der Waals surface area contributed by atoms with Gasteiger partial charge in [-0.15, -0.1) is 4.68 Å². The molecule has 17 heavy (non-hydrogen) atoms. The highest BCUT2D eigenvalue weighted by Crippen LogP contribution is 2.38. The summed E-state index contributed by atoms with van der Waals surface area (Å²) in [6, 6.07) is 0. The van der Waals surface area contributed by atoms with Crippen LogP contribution in [0.4, 0.5) is 10.6 Å². The lowest BCUT2D eigenvalue weighted by Crippen LogP contribution is -2.41. The molecule has 0 saturated heterocycles. The number of rotatable bonds is 1. The van der Waals surface area contributed by atoms with Gasteiger partial charge in [0, 0.05) is 12.1 Å². The van der Waals surface area contributed by atoms with Crippen LogP contribution in [0.15, 0.2) is 0 Å². The standard InChI is InChI=1S/C10H17N5O2/c1-4-17-9(16)15-8(11)6-5-14(12)10(2,3)7(6)13-15/h4-5,11-12H2,1-3H3. The molecule has 7 nitrogen and oxygen atoms in total. The van der Waals surface area contributed by atoms with Crippen LogP contribution in [0, 0.1) is 0 Å². The van der Waals surface area contributed by atoms with Crippen LogP contribution >= 0.6 is 0 Å². The second kappa shape index (κ2) is 3.71. The summed E-state index contributed by atoms with van der Waals surface area (Å²) in [6.45, 7) is 6.36. The van der Waals surface area contributed by atoms with Crippen molar-refractivity contribution in [3.8, 4) is 0 Å². The Morgan fingerprint density at radius 1 is 1.59 bits per heavy atom. The number of anilines is 1. The number of carbonyl (C=O) groups is 1. The maximum atomic E-state index is 11.6. The third kappa shape index (κ3) is 1.58. The summed E-state index contributed by atoms with van der Waals surface area (Å²) in [6.07, 6.45) is -0.557. The molecule has 1 aromatic heterocycles. The molecular weight excluding hydrogens is 222 g/mol. The van der Waals surface area contributed by atoms with Crippen molar-refractivity contribution in [3.63, 3.8) is 0 Å². The Bertz CT molecular complexity index is 466. The minimum absolute atomic E-state index is 0.287. The van der Waals surface area contributed by atoms with Gasteiger partial charge in [0.25, 0.3) is 0 Å². The van der Waals surface area contributed by atoms with Crippen molar-refractivity contribution in [1.29, 1.82) is 0 Å². The fraction of sp³-hybridized carbons (Fsp3) is 0.600. The van der Waals surface area contributed by atoms with E-state index in [0.717, 1.165) is 15.9 Å². The summed E-state index contributed by atoms with van der Waals surface area (Å²) in [5, 5.41) is 5.86. The van der Waals surface area contributed by atoms with E-state index in [9.17, 15) is 4.79 Å². The molecule has 1 aliphatic heterocycles. The van der Waals surface area contributed by atoms with Crippen molar-refractivity contribution >= 4 is 11.9 Å². The monoisotopic (exact) mass is 239 g/mol. The zero-order chi connectivity index (χ0) is 12.8. The van der Waals surface area contributed by atoms with Crippen LogP contribution in [0.1, 0.15) is 32.0 Å². The molecule has 0 fully saturated rings. The molecule has 0 saturated carbocycles. The number of hydrogen-bond donors (Lipinski definition) is 2.